The SMILES string of the molecule is Cc1ccc(CCC(Cl)CC(C)C)cc1. The Kier molecular flexibility index (Phi) is 5.17. The minimum Gasteiger partial charge on any atom is -0.123 e. The summed E-state index contributed by atoms with van der Waals surface area (Å²) in [7, 11) is 0. The summed E-state index contributed by atoms with van der Waals surface area (Å²) in [5.41, 5.74) is 2.72. The normalized spacial score (nSPS) is 13.1. The van der Waals surface area contributed by atoms with E-state index >= 15 is 0 Å². The van der Waals surface area contributed by atoms with Crippen LogP contribution in [-0.4, -0.2) is 5.38 Å². The van der Waals surface area contributed by atoms with Crippen LogP contribution in [0.5, 0.6) is 0 Å². The van der Waals surface area contributed by atoms with Gasteiger partial charge in [0.15, 0.2) is 0 Å². The molecule has 0 aliphatic heterocycles. The largest absolute Gasteiger partial charge is 0.123 e. The molecule has 0 bridgehead atoms. The maximum Gasteiger partial charge on any atom is 0.0341 e. The number of hydrogen-bond acceptors (Lipinski definition) is 0. The minimum atomic E-state index is 0.325. The van der Waals surface area contributed by atoms with E-state index in [9.17, 15) is 0 Å². The van der Waals surface area contributed by atoms with Crippen LogP contribution in [0.15, 0.2) is 24.3 Å². The van der Waals surface area contributed by atoms with Crippen LogP contribution in [0.3, 0.4) is 0 Å². The number of alkyl halides is 1. The van der Waals surface area contributed by atoms with Crippen LogP contribution in [0.2, 0.25) is 0 Å². The molecule has 1 heteroatoms. The Hall–Kier alpha value is -0.490. The summed E-state index contributed by atoms with van der Waals surface area (Å²) in [6, 6.07) is 8.74. The van der Waals surface area contributed by atoms with Gasteiger partial charge in [-0.2, -0.15) is 0 Å². The van der Waals surface area contributed by atoms with E-state index in [1.165, 1.54) is 11.1 Å². The van der Waals surface area contributed by atoms with Gasteiger partial charge in [0.1, 0.15) is 0 Å². The molecule has 84 valence electrons. The first-order chi connectivity index (χ1) is 7.08. The molecule has 0 heterocycles. The predicted octanol–water partition coefficient (Wildman–Crippen LogP) is 4.58. The lowest BCUT2D eigenvalue weighted by Crippen LogP contribution is -2.04. The zero-order valence-corrected chi connectivity index (χ0v) is 10.7. The van der Waals surface area contributed by atoms with Gasteiger partial charge >= 0.3 is 0 Å². The Morgan fingerprint density at radius 3 is 2.27 bits per heavy atom. The van der Waals surface area contributed by atoms with E-state index in [1.807, 2.05) is 0 Å². The molecule has 0 fully saturated rings. The molecule has 1 unspecified atom stereocenters. The average molecular weight is 225 g/mol. The summed E-state index contributed by atoms with van der Waals surface area (Å²) in [6.45, 7) is 6.56. The highest BCUT2D eigenvalue weighted by atomic mass is 35.5. The fraction of sp³-hybridized carbons (Fsp3) is 0.571. The summed E-state index contributed by atoms with van der Waals surface area (Å²) in [5.74, 6) is 0.700. The smallest absolute Gasteiger partial charge is 0.0341 e. The number of aryl methyl sites for hydroxylation is 2. The maximum atomic E-state index is 6.26. The van der Waals surface area contributed by atoms with Gasteiger partial charge in [-0.25, -0.2) is 0 Å². The molecule has 0 N–H and O–H groups in total. The molecule has 0 aliphatic rings. The standard InChI is InChI=1S/C14H21Cl/c1-11(2)10-14(15)9-8-13-6-4-12(3)5-7-13/h4-7,11,14H,8-10H2,1-3H3. The summed E-state index contributed by atoms with van der Waals surface area (Å²) < 4.78 is 0. The Labute approximate surface area is 98.7 Å². The molecular weight excluding hydrogens is 204 g/mol. The van der Waals surface area contributed by atoms with Crippen molar-refractivity contribution in [3.63, 3.8) is 0 Å². The monoisotopic (exact) mass is 224 g/mol. The van der Waals surface area contributed by atoms with Gasteiger partial charge < -0.3 is 0 Å². The van der Waals surface area contributed by atoms with Crippen molar-refractivity contribution in [2.24, 2.45) is 5.92 Å². The van der Waals surface area contributed by atoms with Crippen molar-refractivity contribution >= 4 is 11.6 Å². The van der Waals surface area contributed by atoms with Crippen LogP contribution in [0.4, 0.5) is 0 Å². The molecule has 1 atom stereocenters. The summed E-state index contributed by atoms with van der Waals surface area (Å²) in [4.78, 5) is 0. The molecule has 15 heavy (non-hydrogen) atoms. The van der Waals surface area contributed by atoms with Crippen molar-refractivity contribution in [3.05, 3.63) is 35.4 Å². The lowest BCUT2D eigenvalue weighted by Gasteiger charge is -2.11. The second kappa shape index (κ2) is 6.17. The van der Waals surface area contributed by atoms with Gasteiger partial charge in [0.2, 0.25) is 0 Å². The third-order valence-electron chi connectivity index (χ3n) is 2.59. The highest BCUT2D eigenvalue weighted by molar-refractivity contribution is 6.20. The Morgan fingerprint density at radius 2 is 1.73 bits per heavy atom. The fourth-order valence-electron chi connectivity index (χ4n) is 1.71. The van der Waals surface area contributed by atoms with Crippen LogP contribution in [0.1, 0.15) is 37.8 Å². The van der Waals surface area contributed by atoms with Crippen molar-refractivity contribution in [1.82, 2.24) is 0 Å². The van der Waals surface area contributed by atoms with Crippen LogP contribution in [-0.2, 0) is 6.42 Å². The van der Waals surface area contributed by atoms with Crippen molar-refractivity contribution in [1.29, 1.82) is 0 Å². The van der Waals surface area contributed by atoms with Crippen LogP contribution in [0.25, 0.3) is 0 Å². The number of hydrogen-bond donors (Lipinski definition) is 0. The second-order valence-corrected chi connectivity index (χ2v) is 5.37. The minimum absolute atomic E-state index is 0.325. The van der Waals surface area contributed by atoms with E-state index in [4.69, 9.17) is 11.6 Å². The van der Waals surface area contributed by atoms with E-state index < -0.39 is 0 Å². The Balaban J connectivity index is 2.33. The van der Waals surface area contributed by atoms with Gasteiger partial charge in [-0.15, -0.1) is 11.6 Å². The van der Waals surface area contributed by atoms with Gasteiger partial charge in [-0.3, -0.25) is 0 Å². The number of rotatable bonds is 5. The molecule has 0 aromatic heterocycles. The predicted molar refractivity (Wildman–Crippen MR) is 68.6 cm³/mol. The van der Waals surface area contributed by atoms with E-state index in [0.29, 0.717) is 11.3 Å². The summed E-state index contributed by atoms with van der Waals surface area (Å²) in [6.07, 6.45) is 3.30. The zero-order chi connectivity index (χ0) is 11.3. The molecule has 0 spiro atoms. The molecule has 0 saturated carbocycles. The van der Waals surface area contributed by atoms with Gasteiger partial charge in [-0.1, -0.05) is 43.7 Å². The van der Waals surface area contributed by atoms with E-state index in [1.54, 1.807) is 0 Å². The van der Waals surface area contributed by atoms with Crippen molar-refractivity contribution < 1.29 is 0 Å². The van der Waals surface area contributed by atoms with Crippen LogP contribution >= 0.6 is 11.6 Å². The van der Waals surface area contributed by atoms with Gasteiger partial charge in [0.25, 0.3) is 0 Å². The highest BCUT2D eigenvalue weighted by Crippen LogP contribution is 2.17. The lowest BCUT2D eigenvalue weighted by atomic mass is 10.0. The van der Waals surface area contributed by atoms with Gasteiger partial charge in [0, 0.05) is 5.38 Å². The second-order valence-electron chi connectivity index (χ2n) is 4.75. The summed E-state index contributed by atoms with van der Waals surface area (Å²) in [5, 5.41) is 0.325. The first-order valence-corrected chi connectivity index (χ1v) is 6.21. The Bertz CT molecular complexity index is 274. The van der Waals surface area contributed by atoms with Gasteiger partial charge in [0.05, 0.1) is 0 Å². The topological polar surface area (TPSA) is 0 Å². The van der Waals surface area contributed by atoms with E-state index in [0.717, 1.165) is 19.3 Å². The number of halogens is 1. The van der Waals surface area contributed by atoms with Crippen LogP contribution in [0, 0.1) is 12.8 Å². The van der Waals surface area contributed by atoms with Crippen molar-refractivity contribution in [3.8, 4) is 0 Å². The molecular formula is C14H21Cl. The van der Waals surface area contributed by atoms with Gasteiger partial charge in [-0.05, 0) is 37.7 Å². The van der Waals surface area contributed by atoms with E-state index in [2.05, 4.69) is 45.0 Å². The third-order valence-corrected chi connectivity index (χ3v) is 2.99. The van der Waals surface area contributed by atoms with E-state index in [-0.39, 0.29) is 0 Å². The zero-order valence-electron chi connectivity index (χ0n) is 9.96. The molecule has 0 nitrogen and oxygen atoms in total. The molecule has 0 amide bonds. The average Bonchev–Trinajstić information content (AvgIpc) is 2.16. The molecule has 1 aromatic rings. The molecule has 0 saturated heterocycles. The number of benzene rings is 1. The maximum absolute atomic E-state index is 6.26. The molecule has 0 aliphatic carbocycles. The van der Waals surface area contributed by atoms with Crippen LogP contribution < -0.4 is 0 Å². The highest BCUT2D eigenvalue weighted by Gasteiger charge is 2.07. The molecule has 1 aromatic carbocycles. The fourth-order valence-corrected chi connectivity index (χ4v) is 2.17. The van der Waals surface area contributed by atoms with Crippen molar-refractivity contribution in [2.45, 2.75) is 45.4 Å². The Morgan fingerprint density at radius 1 is 1.13 bits per heavy atom. The quantitative estimate of drug-likeness (QED) is 0.643. The molecule has 0 radical (unpaired) electrons. The molecule has 1 rings (SSSR count). The first kappa shape index (κ1) is 12.6. The van der Waals surface area contributed by atoms with Crippen molar-refractivity contribution in [2.75, 3.05) is 0 Å². The first-order valence-electron chi connectivity index (χ1n) is 5.77. The summed E-state index contributed by atoms with van der Waals surface area (Å²) >= 11 is 6.26. The third kappa shape index (κ3) is 5.22. The lowest BCUT2D eigenvalue weighted by molar-refractivity contribution is 0.544.